The monoisotopic (exact) mass is 395 g/mol. The van der Waals surface area contributed by atoms with Crippen molar-refractivity contribution in [1.82, 2.24) is 4.98 Å². The Morgan fingerprint density at radius 2 is 1.69 bits per heavy atom. The summed E-state index contributed by atoms with van der Waals surface area (Å²) in [7, 11) is 0. The molecule has 3 aromatic rings. The number of allylic oxidation sites excluding steroid dienone is 1. The Hall–Kier alpha value is -3.05. The van der Waals surface area contributed by atoms with Gasteiger partial charge < -0.3 is 10.2 Å². The van der Waals surface area contributed by atoms with Gasteiger partial charge in [-0.25, -0.2) is 8.78 Å². The van der Waals surface area contributed by atoms with Crippen LogP contribution in [-0.2, 0) is 0 Å². The zero-order valence-electron chi connectivity index (χ0n) is 16.1. The van der Waals surface area contributed by atoms with Gasteiger partial charge in [-0.15, -0.1) is 0 Å². The second kappa shape index (κ2) is 9.43. The normalized spacial score (nSPS) is 12.4. The Kier molecular flexibility index (Phi) is 6.73. The molecular formula is C24H23F2NO2. The Labute approximate surface area is 169 Å². The maximum absolute atomic E-state index is 14.6. The molecule has 1 atom stereocenters. The molecule has 0 aliphatic rings. The number of benzene rings is 2. The van der Waals surface area contributed by atoms with E-state index in [4.69, 9.17) is 0 Å². The van der Waals surface area contributed by atoms with Crippen LogP contribution in [0, 0.1) is 11.6 Å². The van der Waals surface area contributed by atoms with E-state index in [1.54, 1.807) is 67.6 Å². The molecule has 2 aromatic carbocycles. The van der Waals surface area contributed by atoms with Crippen LogP contribution in [0.4, 0.5) is 8.78 Å². The number of aliphatic hydroxyl groups is 1. The van der Waals surface area contributed by atoms with Crippen molar-refractivity contribution >= 4 is 6.08 Å². The standard InChI is InChI=1S/C24H23F2NO2/c1-16(28)5-3-2-4-6-19-11-13-21(24(26)23(19)25)17-7-9-18(10-8-17)22-14-12-20(29)15-27-22/h4,6-16,28-29H,2-3,5H2,1H3/b6-4+. The zero-order valence-corrected chi connectivity index (χ0v) is 16.1. The Morgan fingerprint density at radius 1 is 0.966 bits per heavy atom. The van der Waals surface area contributed by atoms with Gasteiger partial charge in [0.05, 0.1) is 18.0 Å². The maximum atomic E-state index is 14.6. The Bertz CT molecular complexity index is 981. The summed E-state index contributed by atoms with van der Waals surface area (Å²) in [6, 6.07) is 13.4. The molecule has 0 saturated heterocycles. The van der Waals surface area contributed by atoms with Crippen molar-refractivity contribution in [2.24, 2.45) is 0 Å². The minimum absolute atomic E-state index is 0.0833. The summed E-state index contributed by atoms with van der Waals surface area (Å²) < 4.78 is 29.1. The van der Waals surface area contributed by atoms with Crippen LogP contribution in [0.3, 0.4) is 0 Å². The van der Waals surface area contributed by atoms with Crippen molar-refractivity contribution < 1.29 is 19.0 Å². The first-order valence-corrected chi connectivity index (χ1v) is 9.54. The van der Waals surface area contributed by atoms with E-state index in [2.05, 4.69) is 4.98 Å². The van der Waals surface area contributed by atoms with Crippen LogP contribution in [0.5, 0.6) is 5.75 Å². The van der Waals surface area contributed by atoms with Crippen molar-refractivity contribution in [3.8, 4) is 28.1 Å². The van der Waals surface area contributed by atoms with Crippen LogP contribution in [0.1, 0.15) is 31.7 Å². The molecule has 0 saturated carbocycles. The highest BCUT2D eigenvalue weighted by Crippen LogP contribution is 2.29. The summed E-state index contributed by atoms with van der Waals surface area (Å²) in [6.07, 6.45) is 6.53. The number of unbranched alkanes of at least 4 members (excludes halogenated alkanes) is 1. The highest BCUT2D eigenvalue weighted by atomic mass is 19.2. The molecule has 29 heavy (non-hydrogen) atoms. The minimum atomic E-state index is -0.883. The first-order valence-electron chi connectivity index (χ1n) is 9.54. The van der Waals surface area contributed by atoms with Gasteiger partial charge in [0.1, 0.15) is 5.75 Å². The molecule has 2 N–H and O–H groups in total. The van der Waals surface area contributed by atoms with Gasteiger partial charge in [0.15, 0.2) is 11.6 Å². The second-order valence-electron chi connectivity index (χ2n) is 6.99. The lowest BCUT2D eigenvalue weighted by molar-refractivity contribution is 0.182. The van der Waals surface area contributed by atoms with Crippen LogP contribution < -0.4 is 0 Å². The lowest BCUT2D eigenvalue weighted by Crippen LogP contribution is -1.97. The van der Waals surface area contributed by atoms with Gasteiger partial charge in [0.25, 0.3) is 0 Å². The van der Waals surface area contributed by atoms with E-state index in [1.165, 1.54) is 6.20 Å². The number of halogens is 2. The number of aromatic hydroxyl groups is 1. The van der Waals surface area contributed by atoms with Crippen LogP contribution in [-0.4, -0.2) is 21.3 Å². The molecule has 0 aliphatic carbocycles. The fraction of sp³-hybridized carbons (Fsp3) is 0.208. The number of aromatic nitrogens is 1. The van der Waals surface area contributed by atoms with Crippen molar-refractivity contribution in [3.63, 3.8) is 0 Å². The van der Waals surface area contributed by atoms with Gasteiger partial charge in [-0.3, -0.25) is 4.98 Å². The first-order chi connectivity index (χ1) is 14.0. The molecule has 0 spiro atoms. The molecular weight excluding hydrogens is 372 g/mol. The highest BCUT2D eigenvalue weighted by molar-refractivity contribution is 5.70. The summed E-state index contributed by atoms with van der Waals surface area (Å²) in [5, 5.41) is 18.6. The maximum Gasteiger partial charge on any atom is 0.167 e. The van der Waals surface area contributed by atoms with Crippen LogP contribution in [0.2, 0.25) is 0 Å². The van der Waals surface area contributed by atoms with Gasteiger partial charge in [-0.05, 0) is 43.9 Å². The minimum Gasteiger partial charge on any atom is -0.506 e. The van der Waals surface area contributed by atoms with E-state index in [0.717, 1.165) is 12.0 Å². The third kappa shape index (κ3) is 5.27. The van der Waals surface area contributed by atoms with E-state index < -0.39 is 11.6 Å². The van der Waals surface area contributed by atoms with Crippen molar-refractivity contribution in [2.45, 2.75) is 32.3 Å². The van der Waals surface area contributed by atoms with Gasteiger partial charge in [-0.2, -0.15) is 0 Å². The number of aliphatic hydroxyl groups excluding tert-OH is 1. The summed E-state index contributed by atoms with van der Waals surface area (Å²) in [4.78, 5) is 4.14. The first kappa shape index (κ1) is 20.7. The molecule has 0 aliphatic heterocycles. The van der Waals surface area contributed by atoms with E-state index >= 15 is 0 Å². The largest absolute Gasteiger partial charge is 0.506 e. The lowest BCUT2D eigenvalue weighted by Gasteiger charge is -2.08. The Morgan fingerprint density at radius 3 is 2.34 bits per heavy atom. The predicted octanol–water partition coefficient (Wildman–Crippen LogP) is 5.96. The van der Waals surface area contributed by atoms with Gasteiger partial charge in [0, 0.05) is 16.7 Å². The van der Waals surface area contributed by atoms with Crippen LogP contribution >= 0.6 is 0 Å². The summed E-state index contributed by atoms with van der Waals surface area (Å²) in [6.45, 7) is 1.73. The molecule has 150 valence electrons. The molecule has 0 amide bonds. The fourth-order valence-corrected chi connectivity index (χ4v) is 3.03. The average molecular weight is 395 g/mol. The van der Waals surface area contributed by atoms with Crippen molar-refractivity contribution in [1.29, 1.82) is 0 Å². The van der Waals surface area contributed by atoms with E-state index in [-0.39, 0.29) is 23.0 Å². The fourth-order valence-electron chi connectivity index (χ4n) is 3.03. The number of hydrogen-bond donors (Lipinski definition) is 2. The predicted molar refractivity (Wildman–Crippen MR) is 111 cm³/mol. The van der Waals surface area contributed by atoms with Gasteiger partial charge >= 0.3 is 0 Å². The summed E-state index contributed by atoms with van der Waals surface area (Å²) >= 11 is 0. The van der Waals surface area contributed by atoms with E-state index in [0.29, 0.717) is 24.1 Å². The summed E-state index contributed by atoms with van der Waals surface area (Å²) in [5.41, 5.74) is 2.45. The van der Waals surface area contributed by atoms with Crippen molar-refractivity contribution in [2.75, 3.05) is 0 Å². The molecule has 1 aromatic heterocycles. The summed E-state index contributed by atoms with van der Waals surface area (Å²) in [5.74, 6) is -1.68. The highest BCUT2D eigenvalue weighted by Gasteiger charge is 2.13. The number of pyridine rings is 1. The molecule has 3 nitrogen and oxygen atoms in total. The molecule has 0 radical (unpaired) electrons. The SMILES string of the molecule is CC(O)CCC/C=C/c1ccc(-c2ccc(-c3ccc(O)cn3)cc2)c(F)c1F. The van der Waals surface area contributed by atoms with E-state index in [1.807, 2.05) is 0 Å². The smallest absolute Gasteiger partial charge is 0.167 e. The van der Waals surface area contributed by atoms with Gasteiger partial charge in [0.2, 0.25) is 0 Å². The molecule has 1 unspecified atom stereocenters. The number of rotatable bonds is 7. The third-order valence-corrected chi connectivity index (χ3v) is 4.64. The quantitative estimate of drug-likeness (QED) is 0.485. The average Bonchev–Trinajstić information content (AvgIpc) is 2.71. The topological polar surface area (TPSA) is 53.4 Å². The molecule has 1 heterocycles. The second-order valence-corrected chi connectivity index (χ2v) is 6.99. The van der Waals surface area contributed by atoms with Gasteiger partial charge in [-0.1, -0.05) is 48.6 Å². The molecule has 0 fully saturated rings. The zero-order chi connectivity index (χ0) is 20.8. The third-order valence-electron chi connectivity index (χ3n) is 4.64. The molecule has 0 bridgehead atoms. The molecule has 3 rings (SSSR count). The van der Waals surface area contributed by atoms with Crippen molar-refractivity contribution in [3.05, 3.63) is 78.0 Å². The number of nitrogens with zero attached hydrogens (tertiary/aromatic N) is 1. The number of hydrogen-bond acceptors (Lipinski definition) is 3. The van der Waals surface area contributed by atoms with E-state index in [9.17, 15) is 19.0 Å². The Balaban J connectivity index is 1.76. The van der Waals surface area contributed by atoms with Crippen LogP contribution in [0.15, 0.2) is 60.8 Å². The molecule has 5 heteroatoms. The van der Waals surface area contributed by atoms with Crippen LogP contribution in [0.25, 0.3) is 28.5 Å². The lowest BCUT2D eigenvalue weighted by atomic mass is 10.00.